The number of carbonyl (C=O) groups is 2. The van der Waals surface area contributed by atoms with Crippen LogP contribution in [0.2, 0.25) is 0 Å². The van der Waals surface area contributed by atoms with E-state index in [1.165, 1.54) is 0 Å². The number of carbonyl (C=O) groups excluding carboxylic acids is 1. The molecule has 0 saturated heterocycles. The van der Waals surface area contributed by atoms with E-state index in [2.05, 4.69) is 19.2 Å². The fraction of sp³-hybridized carbons (Fsp3) is 0.500. The highest BCUT2D eigenvalue weighted by molar-refractivity contribution is 5.84. The number of nitrogens with one attached hydrogen (secondary N) is 1. The minimum Gasteiger partial charge on any atom is -0.484 e. The van der Waals surface area contributed by atoms with Crippen molar-refractivity contribution in [1.29, 1.82) is 0 Å². The Balaban J connectivity index is 2.52. The molecule has 0 aliphatic heterocycles. The molecule has 0 bridgehead atoms. The van der Waals surface area contributed by atoms with Gasteiger partial charge in [-0.3, -0.25) is 4.79 Å². The van der Waals surface area contributed by atoms with Crippen molar-refractivity contribution in [2.24, 2.45) is 0 Å². The fourth-order valence-corrected chi connectivity index (χ4v) is 1.89. The van der Waals surface area contributed by atoms with Crippen molar-refractivity contribution in [3.8, 4) is 5.75 Å². The maximum absolute atomic E-state index is 11.7. The van der Waals surface area contributed by atoms with Crippen LogP contribution in [0.4, 0.5) is 0 Å². The van der Waals surface area contributed by atoms with Crippen LogP contribution in [-0.4, -0.2) is 29.6 Å². The van der Waals surface area contributed by atoms with Crippen molar-refractivity contribution in [3.63, 3.8) is 0 Å². The topological polar surface area (TPSA) is 75.6 Å². The minimum atomic E-state index is -1.02. The molecule has 0 fully saturated rings. The summed E-state index contributed by atoms with van der Waals surface area (Å²) in [6.07, 6.45) is 1.10. The Morgan fingerprint density at radius 3 is 2.62 bits per heavy atom. The van der Waals surface area contributed by atoms with Gasteiger partial charge in [0.15, 0.2) is 6.61 Å². The van der Waals surface area contributed by atoms with Crippen LogP contribution in [0.1, 0.15) is 45.1 Å². The van der Waals surface area contributed by atoms with Gasteiger partial charge in [0.1, 0.15) is 11.8 Å². The van der Waals surface area contributed by atoms with Crippen LogP contribution < -0.4 is 10.1 Å². The first kappa shape index (κ1) is 17.0. The van der Waals surface area contributed by atoms with Gasteiger partial charge in [-0.25, -0.2) is 4.79 Å². The monoisotopic (exact) mass is 293 g/mol. The maximum atomic E-state index is 11.7. The summed E-state index contributed by atoms with van der Waals surface area (Å²) >= 11 is 0. The molecule has 116 valence electrons. The van der Waals surface area contributed by atoms with Gasteiger partial charge >= 0.3 is 5.97 Å². The van der Waals surface area contributed by atoms with Crippen molar-refractivity contribution in [2.45, 2.75) is 45.6 Å². The van der Waals surface area contributed by atoms with Gasteiger partial charge in [-0.1, -0.05) is 39.3 Å². The summed E-state index contributed by atoms with van der Waals surface area (Å²) in [6, 6.07) is 6.69. The average molecular weight is 293 g/mol. The molecule has 1 aromatic rings. The van der Waals surface area contributed by atoms with Crippen LogP contribution in [0.25, 0.3) is 0 Å². The molecule has 1 aromatic carbocycles. The molecule has 1 rings (SSSR count). The molecule has 0 unspecified atom stereocenters. The summed E-state index contributed by atoms with van der Waals surface area (Å²) < 4.78 is 5.41. The summed E-state index contributed by atoms with van der Waals surface area (Å²) in [4.78, 5) is 22.7. The lowest BCUT2D eigenvalue weighted by atomic mass is 10.0. The van der Waals surface area contributed by atoms with Gasteiger partial charge < -0.3 is 15.2 Å². The van der Waals surface area contributed by atoms with Crippen molar-refractivity contribution >= 4 is 11.9 Å². The number of amides is 1. The van der Waals surface area contributed by atoms with E-state index in [0.717, 1.165) is 5.56 Å². The lowest BCUT2D eigenvalue weighted by Crippen LogP contribution is -2.42. The van der Waals surface area contributed by atoms with E-state index >= 15 is 0 Å². The molecule has 0 spiro atoms. The summed E-state index contributed by atoms with van der Waals surface area (Å²) in [5, 5.41) is 11.4. The van der Waals surface area contributed by atoms with Crippen molar-refractivity contribution in [2.75, 3.05) is 6.61 Å². The Labute approximate surface area is 125 Å². The third-order valence-corrected chi connectivity index (χ3v) is 3.11. The van der Waals surface area contributed by atoms with Crippen LogP contribution in [0.3, 0.4) is 0 Å². The van der Waals surface area contributed by atoms with Crippen molar-refractivity contribution < 1.29 is 19.4 Å². The minimum absolute atomic E-state index is 0.185. The smallest absolute Gasteiger partial charge is 0.326 e. The molecule has 0 heterocycles. The highest BCUT2D eigenvalue weighted by Crippen LogP contribution is 2.19. The number of hydrogen-bond acceptors (Lipinski definition) is 3. The van der Waals surface area contributed by atoms with Gasteiger partial charge in [0.05, 0.1) is 0 Å². The lowest BCUT2D eigenvalue weighted by Gasteiger charge is -2.14. The van der Waals surface area contributed by atoms with Crippen LogP contribution in [0.5, 0.6) is 5.75 Å². The largest absolute Gasteiger partial charge is 0.484 e. The van der Waals surface area contributed by atoms with E-state index in [1.807, 2.05) is 25.1 Å². The van der Waals surface area contributed by atoms with E-state index in [9.17, 15) is 9.59 Å². The van der Waals surface area contributed by atoms with Gasteiger partial charge in [-0.2, -0.15) is 0 Å². The normalized spacial score (nSPS) is 12.0. The van der Waals surface area contributed by atoms with E-state index < -0.39 is 17.9 Å². The van der Waals surface area contributed by atoms with Crippen LogP contribution in [-0.2, 0) is 9.59 Å². The molecule has 0 radical (unpaired) electrons. The fourth-order valence-electron chi connectivity index (χ4n) is 1.89. The zero-order chi connectivity index (χ0) is 15.8. The van der Waals surface area contributed by atoms with Gasteiger partial charge in [0, 0.05) is 0 Å². The number of carboxylic acid groups (broad SMARTS) is 1. The Hall–Kier alpha value is -2.04. The van der Waals surface area contributed by atoms with Gasteiger partial charge in [0.25, 0.3) is 5.91 Å². The predicted molar refractivity (Wildman–Crippen MR) is 80.5 cm³/mol. The Bertz CT molecular complexity index is 485. The molecule has 5 heteroatoms. The molecule has 2 N–H and O–H groups in total. The first-order valence-electron chi connectivity index (χ1n) is 7.19. The van der Waals surface area contributed by atoms with Crippen LogP contribution in [0.15, 0.2) is 24.3 Å². The molecule has 5 nitrogen and oxygen atoms in total. The summed E-state index contributed by atoms with van der Waals surface area (Å²) in [7, 11) is 0. The van der Waals surface area contributed by atoms with Crippen LogP contribution >= 0.6 is 0 Å². The number of ether oxygens (including phenoxy) is 1. The van der Waals surface area contributed by atoms with E-state index in [0.29, 0.717) is 24.5 Å². The van der Waals surface area contributed by atoms with E-state index in [4.69, 9.17) is 9.84 Å². The number of hydrogen-bond donors (Lipinski definition) is 2. The highest BCUT2D eigenvalue weighted by Gasteiger charge is 2.18. The van der Waals surface area contributed by atoms with Gasteiger partial charge in [0.2, 0.25) is 0 Å². The molecule has 21 heavy (non-hydrogen) atoms. The summed E-state index contributed by atoms with van der Waals surface area (Å²) in [6.45, 7) is 5.84. The second-order valence-corrected chi connectivity index (χ2v) is 5.26. The third-order valence-electron chi connectivity index (χ3n) is 3.11. The van der Waals surface area contributed by atoms with Crippen LogP contribution in [0, 0.1) is 0 Å². The number of rotatable bonds is 8. The Morgan fingerprint density at radius 2 is 2.05 bits per heavy atom. The third kappa shape index (κ3) is 5.85. The first-order chi connectivity index (χ1) is 9.93. The number of benzene rings is 1. The number of aliphatic carboxylic acids is 1. The van der Waals surface area contributed by atoms with E-state index in [-0.39, 0.29) is 6.61 Å². The Morgan fingerprint density at radius 1 is 1.33 bits per heavy atom. The molecular formula is C16H23NO4. The second kappa shape index (κ2) is 8.29. The molecule has 1 amide bonds. The van der Waals surface area contributed by atoms with Crippen molar-refractivity contribution in [3.05, 3.63) is 29.8 Å². The summed E-state index contributed by atoms with van der Waals surface area (Å²) in [5.41, 5.74) is 1.13. The SMILES string of the molecule is CCC[C@@H](NC(=O)COc1cccc(C(C)C)c1)C(=O)O. The van der Waals surface area contributed by atoms with E-state index in [1.54, 1.807) is 6.07 Å². The molecule has 0 aromatic heterocycles. The first-order valence-corrected chi connectivity index (χ1v) is 7.19. The maximum Gasteiger partial charge on any atom is 0.326 e. The molecular weight excluding hydrogens is 270 g/mol. The van der Waals surface area contributed by atoms with Crippen molar-refractivity contribution in [1.82, 2.24) is 5.32 Å². The zero-order valence-electron chi connectivity index (χ0n) is 12.8. The standard InChI is InChI=1S/C16H23NO4/c1-4-6-14(16(19)20)17-15(18)10-21-13-8-5-7-12(9-13)11(2)3/h5,7-9,11,14H,4,6,10H2,1-3H3,(H,17,18)(H,19,20)/t14-/m1/s1. The Kier molecular flexibility index (Phi) is 6.72. The molecule has 0 aliphatic rings. The average Bonchev–Trinajstić information content (AvgIpc) is 2.45. The molecule has 0 saturated carbocycles. The zero-order valence-corrected chi connectivity index (χ0v) is 12.8. The summed E-state index contributed by atoms with van der Waals surface area (Å²) in [5.74, 6) is -0.458. The highest BCUT2D eigenvalue weighted by atomic mass is 16.5. The quantitative estimate of drug-likeness (QED) is 0.772. The number of carboxylic acids is 1. The lowest BCUT2D eigenvalue weighted by molar-refractivity contribution is -0.142. The van der Waals surface area contributed by atoms with Gasteiger partial charge in [-0.05, 0) is 30.0 Å². The molecule has 1 atom stereocenters. The second-order valence-electron chi connectivity index (χ2n) is 5.26. The predicted octanol–water partition coefficient (Wildman–Crippen LogP) is 2.56. The van der Waals surface area contributed by atoms with Gasteiger partial charge in [-0.15, -0.1) is 0 Å². The molecule has 0 aliphatic carbocycles.